The zero-order chi connectivity index (χ0) is 20.2. The van der Waals surface area contributed by atoms with Crippen molar-refractivity contribution >= 4 is 38.3 Å². The van der Waals surface area contributed by atoms with Gasteiger partial charge in [0.15, 0.2) is 5.13 Å². The van der Waals surface area contributed by atoms with Gasteiger partial charge in [-0.15, -0.1) is 0 Å². The number of hydrogen-bond donors (Lipinski definition) is 0. The number of aromatic nitrogens is 1. The van der Waals surface area contributed by atoms with Crippen molar-refractivity contribution in [3.05, 3.63) is 54.3 Å². The molecule has 4 rings (SSSR count). The second-order valence-corrected chi connectivity index (χ2v) is 8.20. The molecule has 1 fully saturated rings. The van der Waals surface area contributed by atoms with Gasteiger partial charge in [0.25, 0.3) is 0 Å². The van der Waals surface area contributed by atoms with Gasteiger partial charge in [0.1, 0.15) is 5.82 Å². The standard InChI is InChI=1S/C22H25FN4OS/c1-2-27(22-24-19-6-3-4-7-20(19)29-22)21(28)16-25-12-5-13-26(15-14-25)18-10-8-17(23)9-11-18/h3-4,6-11H,2,5,12-16H2,1H3. The molecule has 0 saturated carbocycles. The van der Waals surface area contributed by atoms with Gasteiger partial charge in [0, 0.05) is 38.4 Å². The van der Waals surface area contributed by atoms with E-state index in [1.165, 1.54) is 12.1 Å². The third-order valence-corrected chi connectivity index (χ3v) is 6.33. The van der Waals surface area contributed by atoms with Gasteiger partial charge in [0.05, 0.1) is 16.8 Å². The van der Waals surface area contributed by atoms with Crippen LogP contribution in [0.3, 0.4) is 0 Å². The molecule has 1 saturated heterocycles. The molecule has 1 aromatic heterocycles. The monoisotopic (exact) mass is 412 g/mol. The van der Waals surface area contributed by atoms with Gasteiger partial charge in [-0.3, -0.25) is 14.6 Å². The topological polar surface area (TPSA) is 39.7 Å². The number of hydrogen-bond acceptors (Lipinski definition) is 5. The number of amides is 1. The van der Waals surface area contributed by atoms with Crippen LogP contribution in [-0.2, 0) is 4.79 Å². The van der Waals surface area contributed by atoms with Crippen molar-refractivity contribution in [1.29, 1.82) is 0 Å². The van der Waals surface area contributed by atoms with Gasteiger partial charge in [-0.1, -0.05) is 23.5 Å². The number of fused-ring (bicyclic) bond motifs is 1. The first kappa shape index (κ1) is 19.8. The van der Waals surface area contributed by atoms with Crippen LogP contribution in [0.25, 0.3) is 10.2 Å². The Hall–Kier alpha value is -2.51. The van der Waals surface area contributed by atoms with Crippen LogP contribution in [0.1, 0.15) is 13.3 Å². The van der Waals surface area contributed by atoms with Crippen LogP contribution >= 0.6 is 11.3 Å². The Morgan fingerprint density at radius 2 is 1.90 bits per heavy atom. The van der Waals surface area contributed by atoms with Crippen molar-refractivity contribution in [1.82, 2.24) is 9.88 Å². The maximum atomic E-state index is 13.2. The van der Waals surface area contributed by atoms with E-state index in [0.29, 0.717) is 13.1 Å². The number of benzene rings is 2. The number of thiazole rings is 1. The number of likely N-dealkylation sites (N-methyl/N-ethyl adjacent to an activating group) is 1. The highest BCUT2D eigenvalue weighted by Gasteiger charge is 2.22. The van der Waals surface area contributed by atoms with Crippen molar-refractivity contribution in [3.63, 3.8) is 0 Å². The molecule has 7 heteroatoms. The molecule has 1 amide bonds. The minimum atomic E-state index is -0.217. The van der Waals surface area contributed by atoms with E-state index >= 15 is 0 Å². The first-order chi connectivity index (χ1) is 14.1. The number of rotatable bonds is 5. The van der Waals surface area contributed by atoms with E-state index in [4.69, 9.17) is 0 Å². The average molecular weight is 413 g/mol. The minimum absolute atomic E-state index is 0.0850. The molecular formula is C22H25FN4OS. The number of nitrogens with zero attached hydrogens (tertiary/aromatic N) is 4. The van der Waals surface area contributed by atoms with Crippen LogP contribution in [0, 0.1) is 5.82 Å². The summed E-state index contributed by atoms with van der Waals surface area (Å²) in [6.07, 6.45) is 0.970. The first-order valence-electron chi connectivity index (χ1n) is 10.0. The fourth-order valence-electron chi connectivity index (χ4n) is 3.71. The van der Waals surface area contributed by atoms with Crippen LogP contribution in [0.15, 0.2) is 48.5 Å². The molecule has 1 aliphatic rings. The summed E-state index contributed by atoms with van der Waals surface area (Å²) in [6.45, 7) is 6.40. The molecule has 0 N–H and O–H groups in total. The largest absolute Gasteiger partial charge is 0.370 e. The van der Waals surface area contributed by atoms with Crippen LogP contribution < -0.4 is 9.80 Å². The van der Waals surface area contributed by atoms with Crippen molar-refractivity contribution in [2.75, 3.05) is 49.1 Å². The van der Waals surface area contributed by atoms with Crippen molar-refractivity contribution in [3.8, 4) is 0 Å². The Kier molecular flexibility index (Phi) is 6.06. The third kappa shape index (κ3) is 4.57. The lowest BCUT2D eigenvalue weighted by Gasteiger charge is -2.25. The molecule has 3 aromatic rings. The number of anilines is 2. The number of para-hydroxylation sites is 1. The van der Waals surface area contributed by atoms with E-state index < -0.39 is 0 Å². The molecule has 0 bridgehead atoms. The minimum Gasteiger partial charge on any atom is -0.370 e. The van der Waals surface area contributed by atoms with E-state index in [2.05, 4.69) is 14.8 Å². The summed E-state index contributed by atoms with van der Waals surface area (Å²) < 4.78 is 14.3. The highest BCUT2D eigenvalue weighted by atomic mass is 32.1. The van der Waals surface area contributed by atoms with Crippen molar-refractivity contribution < 1.29 is 9.18 Å². The van der Waals surface area contributed by atoms with Crippen LogP contribution in [0.4, 0.5) is 15.2 Å². The van der Waals surface area contributed by atoms with Crippen molar-refractivity contribution in [2.45, 2.75) is 13.3 Å². The van der Waals surface area contributed by atoms with E-state index in [0.717, 1.165) is 53.6 Å². The smallest absolute Gasteiger partial charge is 0.242 e. The Bertz CT molecular complexity index is 941. The molecule has 2 heterocycles. The summed E-state index contributed by atoms with van der Waals surface area (Å²) in [7, 11) is 0. The van der Waals surface area contributed by atoms with E-state index in [1.807, 2.05) is 43.3 Å². The fourth-order valence-corrected chi connectivity index (χ4v) is 4.76. The van der Waals surface area contributed by atoms with E-state index in [9.17, 15) is 9.18 Å². The molecule has 1 aliphatic heterocycles. The quantitative estimate of drug-likeness (QED) is 0.635. The maximum Gasteiger partial charge on any atom is 0.242 e. The molecule has 0 spiro atoms. The lowest BCUT2D eigenvalue weighted by molar-refractivity contribution is -0.119. The first-order valence-corrected chi connectivity index (χ1v) is 10.8. The van der Waals surface area contributed by atoms with E-state index in [-0.39, 0.29) is 11.7 Å². The molecule has 5 nitrogen and oxygen atoms in total. The van der Waals surface area contributed by atoms with Gasteiger partial charge in [-0.25, -0.2) is 9.37 Å². The van der Waals surface area contributed by atoms with Crippen LogP contribution in [0.5, 0.6) is 0 Å². The Morgan fingerprint density at radius 3 is 2.66 bits per heavy atom. The fraction of sp³-hybridized carbons (Fsp3) is 0.364. The number of carbonyl (C=O) groups is 1. The number of carbonyl (C=O) groups excluding carboxylic acids is 1. The zero-order valence-electron chi connectivity index (χ0n) is 16.6. The highest BCUT2D eigenvalue weighted by molar-refractivity contribution is 7.22. The average Bonchev–Trinajstić information content (AvgIpc) is 3.01. The molecule has 0 unspecified atom stereocenters. The molecule has 0 aliphatic carbocycles. The Labute approximate surface area is 174 Å². The third-order valence-electron chi connectivity index (χ3n) is 5.27. The normalized spacial score (nSPS) is 15.4. The maximum absolute atomic E-state index is 13.2. The van der Waals surface area contributed by atoms with Gasteiger partial charge in [0.2, 0.25) is 5.91 Å². The highest BCUT2D eigenvalue weighted by Crippen LogP contribution is 2.28. The van der Waals surface area contributed by atoms with Gasteiger partial charge >= 0.3 is 0 Å². The van der Waals surface area contributed by atoms with E-state index in [1.54, 1.807) is 16.2 Å². The molecule has 0 radical (unpaired) electrons. The Morgan fingerprint density at radius 1 is 1.10 bits per heavy atom. The SMILES string of the molecule is CCN(C(=O)CN1CCCN(c2ccc(F)cc2)CC1)c1nc2ccccc2s1. The summed E-state index contributed by atoms with van der Waals surface area (Å²) in [5.41, 5.74) is 1.97. The zero-order valence-corrected chi connectivity index (χ0v) is 17.4. The lowest BCUT2D eigenvalue weighted by Crippen LogP contribution is -2.41. The summed E-state index contributed by atoms with van der Waals surface area (Å²) >= 11 is 1.56. The summed E-state index contributed by atoms with van der Waals surface area (Å²) in [4.78, 5) is 23.9. The molecule has 152 valence electrons. The number of halogens is 1. The van der Waals surface area contributed by atoms with Gasteiger partial charge in [-0.2, -0.15) is 0 Å². The van der Waals surface area contributed by atoms with Gasteiger partial charge < -0.3 is 4.90 Å². The predicted molar refractivity (Wildman–Crippen MR) is 117 cm³/mol. The summed E-state index contributed by atoms with van der Waals surface area (Å²) in [5, 5.41) is 0.765. The second-order valence-electron chi connectivity index (χ2n) is 7.20. The predicted octanol–water partition coefficient (Wildman–Crippen LogP) is 4.00. The van der Waals surface area contributed by atoms with Crippen molar-refractivity contribution in [2.24, 2.45) is 0 Å². The molecule has 0 atom stereocenters. The lowest BCUT2D eigenvalue weighted by atomic mass is 10.2. The van der Waals surface area contributed by atoms with Crippen LogP contribution in [0.2, 0.25) is 0 Å². The molecule has 2 aromatic carbocycles. The van der Waals surface area contributed by atoms with Gasteiger partial charge in [-0.05, 0) is 49.7 Å². The second kappa shape index (κ2) is 8.88. The Balaban J connectivity index is 1.40. The summed E-state index contributed by atoms with van der Waals surface area (Å²) in [5.74, 6) is -0.132. The molecular weight excluding hydrogens is 387 g/mol. The molecule has 29 heavy (non-hydrogen) atoms. The summed E-state index contributed by atoms with van der Waals surface area (Å²) in [6, 6.07) is 14.6. The van der Waals surface area contributed by atoms with Crippen LogP contribution in [-0.4, -0.2) is 55.1 Å².